The van der Waals surface area contributed by atoms with Gasteiger partial charge in [0.2, 0.25) is 5.95 Å². The average Bonchev–Trinajstić information content (AvgIpc) is 3.35. The van der Waals surface area contributed by atoms with E-state index in [4.69, 9.17) is 27.9 Å². The molecule has 0 aliphatic carbocycles. The lowest BCUT2D eigenvalue weighted by molar-refractivity contribution is 0.0212. The second-order valence-corrected chi connectivity index (χ2v) is 9.86. The summed E-state index contributed by atoms with van der Waals surface area (Å²) in [7, 11) is 0. The van der Waals surface area contributed by atoms with Crippen molar-refractivity contribution in [1.29, 1.82) is 0 Å². The van der Waals surface area contributed by atoms with E-state index in [1.807, 2.05) is 26.8 Å². The van der Waals surface area contributed by atoms with Crippen molar-refractivity contribution < 1.29 is 9.53 Å². The van der Waals surface area contributed by atoms with Crippen molar-refractivity contribution in [3.8, 4) is 0 Å². The number of hydrogen-bond acceptors (Lipinski definition) is 6. The normalized spacial score (nSPS) is 16.4. The van der Waals surface area contributed by atoms with E-state index < -0.39 is 5.60 Å². The summed E-state index contributed by atoms with van der Waals surface area (Å²) in [5.74, 6) is 0.328. The first kappa shape index (κ1) is 23.4. The number of H-pyrrole nitrogens is 1. The van der Waals surface area contributed by atoms with Crippen molar-refractivity contribution in [2.24, 2.45) is 0 Å². The molecular formula is C22H26Cl2N6O3. The van der Waals surface area contributed by atoms with Gasteiger partial charge in [-0.2, -0.15) is 5.10 Å². The summed E-state index contributed by atoms with van der Waals surface area (Å²) in [4.78, 5) is 34.4. The van der Waals surface area contributed by atoms with Crippen LogP contribution < -0.4 is 10.9 Å². The molecule has 9 nitrogen and oxygen atoms in total. The molecule has 176 valence electrons. The summed E-state index contributed by atoms with van der Waals surface area (Å²) in [5.41, 5.74) is 0.857. The Kier molecular flexibility index (Phi) is 6.54. The average molecular weight is 493 g/mol. The molecule has 3 aromatic rings. The topological polar surface area (TPSA) is 105 Å². The second kappa shape index (κ2) is 9.23. The van der Waals surface area contributed by atoms with Gasteiger partial charge in [0.05, 0.1) is 28.8 Å². The summed E-state index contributed by atoms with van der Waals surface area (Å²) in [6.45, 7) is 6.95. The highest BCUT2D eigenvalue weighted by Gasteiger charge is 2.33. The van der Waals surface area contributed by atoms with Crippen molar-refractivity contribution in [3.63, 3.8) is 0 Å². The maximum atomic E-state index is 12.8. The van der Waals surface area contributed by atoms with E-state index in [1.54, 1.807) is 27.9 Å². The number of fused-ring (bicyclic) bond motifs is 1. The standard InChI is InChI=1S/C22H26Cl2N6O3/c1-22(2,3)33-21(32)29-8-4-5-14(29)12-30-18-17(11-26-30)27-20(28-19(18)31)25-10-13-6-7-15(23)16(24)9-13/h6-7,9,11,14H,4-5,8,10,12H2,1-3H3,(H2,25,27,28,31). The monoisotopic (exact) mass is 492 g/mol. The van der Waals surface area contributed by atoms with E-state index in [2.05, 4.69) is 20.4 Å². The summed E-state index contributed by atoms with van der Waals surface area (Å²) in [6, 6.07) is 5.21. The fourth-order valence-electron chi connectivity index (χ4n) is 3.85. The number of nitrogens with one attached hydrogen (secondary N) is 2. The predicted octanol–water partition coefficient (Wildman–Crippen LogP) is 4.44. The number of benzene rings is 1. The molecule has 4 rings (SSSR count). The SMILES string of the molecule is CC(C)(C)OC(=O)N1CCCC1Cn1ncc2nc(NCc3ccc(Cl)c(Cl)c3)[nH]c(=O)c21. The van der Waals surface area contributed by atoms with Crippen LogP contribution in [-0.4, -0.2) is 48.9 Å². The zero-order valence-electron chi connectivity index (χ0n) is 18.7. The third kappa shape index (κ3) is 5.42. The molecule has 0 bridgehead atoms. The van der Waals surface area contributed by atoms with Gasteiger partial charge in [0.1, 0.15) is 11.1 Å². The molecule has 0 spiro atoms. The maximum absolute atomic E-state index is 12.8. The van der Waals surface area contributed by atoms with Crippen LogP contribution >= 0.6 is 23.2 Å². The summed E-state index contributed by atoms with van der Waals surface area (Å²) in [5, 5.41) is 8.40. The Bertz CT molecular complexity index is 1230. The van der Waals surface area contributed by atoms with Crippen LogP contribution in [0.2, 0.25) is 10.0 Å². The molecule has 33 heavy (non-hydrogen) atoms. The van der Waals surface area contributed by atoms with Crippen molar-refractivity contribution >= 4 is 46.3 Å². The Labute approximate surface area is 201 Å². The largest absolute Gasteiger partial charge is 0.444 e. The van der Waals surface area contributed by atoms with Crippen LogP contribution in [-0.2, 0) is 17.8 Å². The third-order valence-electron chi connectivity index (χ3n) is 5.33. The van der Waals surface area contributed by atoms with Crippen LogP contribution in [0.15, 0.2) is 29.2 Å². The van der Waals surface area contributed by atoms with Gasteiger partial charge in [-0.25, -0.2) is 9.78 Å². The number of nitrogens with zero attached hydrogens (tertiary/aromatic N) is 4. The molecule has 11 heteroatoms. The number of anilines is 1. The van der Waals surface area contributed by atoms with Gasteiger partial charge in [-0.05, 0) is 51.3 Å². The van der Waals surface area contributed by atoms with Crippen LogP contribution in [0.5, 0.6) is 0 Å². The molecular weight excluding hydrogens is 467 g/mol. The predicted molar refractivity (Wildman–Crippen MR) is 128 cm³/mol. The Balaban J connectivity index is 1.49. The number of ether oxygens (including phenoxy) is 1. The van der Waals surface area contributed by atoms with Gasteiger partial charge in [-0.3, -0.25) is 14.5 Å². The van der Waals surface area contributed by atoms with Crippen molar-refractivity contribution in [2.75, 3.05) is 11.9 Å². The Hall–Kier alpha value is -2.78. The van der Waals surface area contributed by atoms with Gasteiger partial charge in [0.15, 0.2) is 5.52 Å². The second-order valence-electron chi connectivity index (χ2n) is 9.05. The quantitative estimate of drug-likeness (QED) is 0.545. The number of amides is 1. The van der Waals surface area contributed by atoms with E-state index in [-0.39, 0.29) is 17.7 Å². The molecule has 1 unspecified atom stereocenters. The van der Waals surface area contributed by atoms with E-state index in [0.29, 0.717) is 46.7 Å². The number of aromatic amines is 1. The molecule has 1 atom stereocenters. The number of aromatic nitrogens is 4. The van der Waals surface area contributed by atoms with Crippen molar-refractivity contribution in [1.82, 2.24) is 24.6 Å². The minimum atomic E-state index is -0.565. The van der Waals surface area contributed by atoms with E-state index in [0.717, 1.165) is 18.4 Å². The van der Waals surface area contributed by atoms with Crippen LogP contribution in [0.3, 0.4) is 0 Å². The first-order valence-corrected chi connectivity index (χ1v) is 11.5. The highest BCUT2D eigenvalue weighted by Crippen LogP contribution is 2.24. The Morgan fingerprint density at radius 1 is 1.30 bits per heavy atom. The molecule has 2 N–H and O–H groups in total. The number of likely N-dealkylation sites (tertiary alicyclic amines) is 1. The molecule has 1 amide bonds. The molecule has 1 saturated heterocycles. The Morgan fingerprint density at radius 3 is 2.82 bits per heavy atom. The number of rotatable bonds is 5. The number of carbonyl (C=O) groups excluding carboxylic acids is 1. The number of carbonyl (C=O) groups is 1. The fraction of sp³-hybridized carbons (Fsp3) is 0.455. The van der Waals surface area contributed by atoms with Crippen LogP contribution in [0.25, 0.3) is 11.0 Å². The molecule has 1 aliphatic heterocycles. The lowest BCUT2D eigenvalue weighted by atomic mass is 10.2. The van der Waals surface area contributed by atoms with E-state index >= 15 is 0 Å². The summed E-state index contributed by atoms with van der Waals surface area (Å²) < 4.78 is 7.14. The van der Waals surface area contributed by atoms with Gasteiger partial charge in [-0.15, -0.1) is 0 Å². The van der Waals surface area contributed by atoms with E-state index in [9.17, 15) is 9.59 Å². The smallest absolute Gasteiger partial charge is 0.410 e. The summed E-state index contributed by atoms with van der Waals surface area (Å²) in [6.07, 6.45) is 2.90. The first-order valence-electron chi connectivity index (χ1n) is 10.7. The van der Waals surface area contributed by atoms with Gasteiger partial charge in [0, 0.05) is 13.1 Å². The Morgan fingerprint density at radius 2 is 2.09 bits per heavy atom. The molecule has 1 fully saturated rings. The highest BCUT2D eigenvalue weighted by molar-refractivity contribution is 6.42. The lowest BCUT2D eigenvalue weighted by Gasteiger charge is -2.28. The zero-order chi connectivity index (χ0) is 23.8. The molecule has 3 heterocycles. The molecule has 1 aromatic carbocycles. The van der Waals surface area contributed by atoms with Gasteiger partial charge >= 0.3 is 6.09 Å². The molecule has 2 aromatic heterocycles. The highest BCUT2D eigenvalue weighted by atomic mass is 35.5. The van der Waals surface area contributed by atoms with Gasteiger partial charge in [0.25, 0.3) is 5.56 Å². The van der Waals surface area contributed by atoms with Crippen LogP contribution in [0, 0.1) is 0 Å². The number of hydrogen-bond donors (Lipinski definition) is 2. The molecule has 0 radical (unpaired) electrons. The third-order valence-corrected chi connectivity index (χ3v) is 6.07. The van der Waals surface area contributed by atoms with Gasteiger partial charge < -0.3 is 15.0 Å². The van der Waals surface area contributed by atoms with Crippen LogP contribution in [0.1, 0.15) is 39.2 Å². The van der Waals surface area contributed by atoms with Crippen LogP contribution in [0.4, 0.5) is 10.7 Å². The lowest BCUT2D eigenvalue weighted by Crippen LogP contribution is -2.41. The fourth-order valence-corrected chi connectivity index (χ4v) is 4.17. The first-order chi connectivity index (χ1) is 15.6. The zero-order valence-corrected chi connectivity index (χ0v) is 20.2. The van der Waals surface area contributed by atoms with Crippen molar-refractivity contribution in [2.45, 2.75) is 58.3 Å². The summed E-state index contributed by atoms with van der Waals surface area (Å²) >= 11 is 12.0. The van der Waals surface area contributed by atoms with Crippen molar-refractivity contribution in [3.05, 3.63) is 50.4 Å². The minimum Gasteiger partial charge on any atom is -0.444 e. The number of halogens is 2. The minimum absolute atomic E-state index is 0.102. The maximum Gasteiger partial charge on any atom is 0.410 e. The molecule has 0 saturated carbocycles. The van der Waals surface area contributed by atoms with E-state index in [1.165, 1.54) is 0 Å². The molecule has 1 aliphatic rings. The van der Waals surface area contributed by atoms with Gasteiger partial charge in [-0.1, -0.05) is 29.3 Å².